The number of aryl methyl sites for hydroxylation is 1. The van der Waals surface area contributed by atoms with Crippen LogP contribution >= 0.6 is 0 Å². The van der Waals surface area contributed by atoms with E-state index in [1.54, 1.807) is 12.1 Å². The normalized spacial score (nSPS) is 10.0. The van der Waals surface area contributed by atoms with Crippen molar-refractivity contribution in [3.63, 3.8) is 0 Å². The Kier molecular flexibility index (Phi) is 4.84. The maximum Gasteiger partial charge on any atom is 0.150 e. The van der Waals surface area contributed by atoms with Crippen LogP contribution in [0.2, 0.25) is 0 Å². The molecule has 0 fully saturated rings. The van der Waals surface area contributed by atoms with E-state index in [0.29, 0.717) is 25.4 Å². The number of hydrogen-bond donors (Lipinski definition) is 0. The Morgan fingerprint density at radius 2 is 2.13 bits per heavy atom. The molecule has 0 aliphatic carbocycles. The fourth-order valence-corrected chi connectivity index (χ4v) is 1.23. The summed E-state index contributed by atoms with van der Waals surface area (Å²) in [7, 11) is 0. The average molecular weight is 208 g/mol. The summed E-state index contributed by atoms with van der Waals surface area (Å²) in [5.41, 5.74) is 1.63. The average Bonchev–Trinajstić information content (AvgIpc) is 2.25. The first-order chi connectivity index (χ1) is 7.27. The quantitative estimate of drug-likeness (QED) is 0.531. The van der Waals surface area contributed by atoms with E-state index in [-0.39, 0.29) is 0 Å². The van der Waals surface area contributed by atoms with Crippen LogP contribution in [0.25, 0.3) is 0 Å². The van der Waals surface area contributed by atoms with Gasteiger partial charge in [-0.05, 0) is 37.6 Å². The number of benzene rings is 1. The van der Waals surface area contributed by atoms with Gasteiger partial charge in [0.2, 0.25) is 0 Å². The van der Waals surface area contributed by atoms with Gasteiger partial charge in [0, 0.05) is 12.2 Å². The molecule has 1 aromatic rings. The third-order valence-electron chi connectivity index (χ3n) is 2.07. The molecule has 0 N–H and O–H groups in total. The van der Waals surface area contributed by atoms with Crippen LogP contribution < -0.4 is 4.74 Å². The van der Waals surface area contributed by atoms with Crippen LogP contribution in [0.3, 0.4) is 0 Å². The Morgan fingerprint density at radius 1 is 1.33 bits per heavy atom. The van der Waals surface area contributed by atoms with Gasteiger partial charge >= 0.3 is 0 Å². The van der Waals surface area contributed by atoms with Gasteiger partial charge < -0.3 is 9.47 Å². The summed E-state index contributed by atoms with van der Waals surface area (Å²) in [6, 6.07) is 5.41. The smallest absolute Gasteiger partial charge is 0.150 e. The third kappa shape index (κ3) is 3.72. The Balaban J connectivity index is 2.48. The van der Waals surface area contributed by atoms with E-state index in [1.807, 2.05) is 19.9 Å². The third-order valence-corrected chi connectivity index (χ3v) is 2.07. The molecule has 0 unspecified atom stereocenters. The van der Waals surface area contributed by atoms with Crippen molar-refractivity contribution < 1.29 is 14.3 Å². The Hall–Kier alpha value is -1.35. The predicted octanol–water partition coefficient (Wildman–Crippen LogP) is 2.22. The van der Waals surface area contributed by atoms with Crippen LogP contribution in [0.4, 0.5) is 0 Å². The number of carbonyl (C=O) groups excluding carboxylic acids is 1. The summed E-state index contributed by atoms with van der Waals surface area (Å²) >= 11 is 0. The van der Waals surface area contributed by atoms with Crippen LogP contribution in [0.5, 0.6) is 5.75 Å². The van der Waals surface area contributed by atoms with Gasteiger partial charge in [0.25, 0.3) is 0 Å². The monoisotopic (exact) mass is 208 g/mol. The standard InChI is InChI=1S/C12H16O3/c1-3-14-6-7-15-12-5-4-11(9-13)10(2)8-12/h4-5,8-9H,3,6-7H2,1-2H3. The molecule has 0 aromatic heterocycles. The number of hydrogen-bond acceptors (Lipinski definition) is 3. The first kappa shape index (κ1) is 11.7. The van der Waals surface area contributed by atoms with Gasteiger partial charge in [-0.3, -0.25) is 4.79 Å². The molecule has 15 heavy (non-hydrogen) atoms. The van der Waals surface area contributed by atoms with E-state index in [9.17, 15) is 4.79 Å². The molecule has 3 heteroatoms. The molecule has 0 bridgehead atoms. The van der Waals surface area contributed by atoms with Crippen molar-refractivity contribution in [2.75, 3.05) is 19.8 Å². The number of aldehydes is 1. The van der Waals surface area contributed by atoms with Gasteiger partial charge in [-0.15, -0.1) is 0 Å². The van der Waals surface area contributed by atoms with Crippen LogP contribution in [-0.4, -0.2) is 26.1 Å². The highest BCUT2D eigenvalue weighted by Gasteiger charge is 1.99. The highest BCUT2D eigenvalue weighted by molar-refractivity contribution is 5.77. The topological polar surface area (TPSA) is 35.5 Å². The molecule has 0 saturated heterocycles. The Morgan fingerprint density at radius 3 is 2.73 bits per heavy atom. The van der Waals surface area contributed by atoms with Crippen molar-refractivity contribution in [2.45, 2.75) is 13.8 Å². The molecule has 0 aliphatic heterocycles. The minimum absolute atomic E-state index is 0.535. The summed E-state index contributed by atoms with van der Waals surface area (Å²) in [5, 5.41) is 0. The largest absolute Gasteiger partial charge is 0.491 e. The second kappa shape index (κ2) is 6.19. The van der Waals surface area contributed by atoms with E-state index in [2.05, 4.69) is 0 Å². The van der Waals surface area contributed by atoms with Gasteiger partial charge in [0.15, 0.2) is 0 Å². The zero-order valence-electron chi connectivity index (χ0n) is 9.16. The molecule has 0 spiro atoms. The molecule has 0 heterocycles. The van der Waals surface area contributed by atoms with Crippen LogP contribution in [0.1, 0.15) is 22.8 Å². The molecule has 1 aromatic carbocycles. The molecule has 0 radical (unpaired) electrons. The minimum atomic E-state index is 0.535. The number of rotatable bonds is 6. The fourth-order valence-electron chi connectivity index (χ4n) is 1.23. The summed E-state index contributed by atoms with van der Waals surface area (Å²) in [6.07, 6.45) is 0.847. The van der Waals surface area contributed by atoms with Crippen LogP contribution in [0.15, 0.2) is 18.2 Å². The van der Waals surface area contributed by atoms with Gasteiger partial charge in [-0.2, -0.15) is 0 Å². The number of ether oxygens (including phenoxy) is 2. The second-order valence-corrected chi connectivity index (χ2v) is 3.18. The molecule has 3 nitrogen and oxygen atoms in total. The van der Waals surface area contributed by atoms with E-state index in [4.69, 9.17) is 9.47 Å². The van der Waals surface area contributed by atoms with Gasteiger partial charge in [0.05, 0.1) is 6.61 Å². The summed E-state index contributed by atoms with van der Waals surface area (Å²) in [4.78, 5) is 10.6. The SMILES string of the molecule is CCOCCOc1ccc(C=O)c(C)c1. The lowest BCUT2D eigenvalue weighted by Crippen LogP contribution is -2.06. The predicted molar refractivity (Wildman–Crippen MR) is 58.6 cm³/mol. The molecule has 0 saturated carbocycles. The maximum atomic E-state index is 10.6. The van der Waals surface area contributed by atoms with Crippen molar-refractivity contribution in [3.05, 3.63) is 29.3 Å². The zero-order valence-corrected chi connectivity index (χ0v) is 9.16. The van der Waals surface area contributed by atoms with Gasteiger partial charge in [-0.25, -0.2) is 0 Å². The van der Waals surface area contributed by atoms with Crippen LogP contribution in [-0.2, 0) is 4.74 Å². The molecule has 0 atom stereocenters. The van der Waals surface area contributed by atoms with Crippen molar-refractivity contribution in [3.8, 4) is 5.75 Å². The summed E-state index contributed by atoms with van der Waals surface area (Å²) < 4.78 is 10.6. The fraction of sp³-hybridized carbons (Fsp3) is 0.417. The highest BCUT2D eigenvalue weighted by Crippen LogP contribution is 2.15. The Labute approximate surface area is 90.0 Å². The van der Waals surface area contributed by atoms with Crippen molar-refractivity contribution in [1.29, 1.82) is 0 Å². The molecule has 1 rings (SSSR count). The van der Waals surface area contributed by atoms with Gasteiger partial charge in [-0.1, -0.05) is 0 Å². The lowest BCUT2D eigenvalue weighted by molar-refractivity contribution is 0.110. The van der Waals surface area contributed by atoms with Gasteiger partial charge in [0.1, 0.15) is 18.6 Å². The zero-order chi connectivity index (χ0) is 11.1. The minimum Gasteiger partial charge on any atom is -0.491 e. The second-order valence-electron chi connectivity index (χ2n) is 3.18. The van der Waals surface area contributed by atoms with E-state index >= 15 is 0 Å². The summed E-state index contributed by atoms with van der Waals surface area (Å²) in [6.45, 7) is 5.66. The van der Waals surface area contributed by atoms with Crippen molar-refractivity contribution in [2.24, 2.45) is 0 Å². The number of carbonyl (C=O) groups is 1. The maximum absolute atomic E-state index is 10.6. The molecular formula is C12H16O3. The molecule has 82 valence electrons. The summed E-state index contributed by atoms with van der Waals surface area (Å²) in [5.74, 6) is 0.776. The highest BCUT2D eigenvalue weighted by atomic mass is 16.5. The molecule has 0 amide bonds. The van der Waals surface area contributed by atoms with E-state index < -0.39 is 0 Å². The molecule has 0 aliphatic rings. The lowest BCUT2D eigenvalue weighted by Gasteiger charge is -2.07. The van der Waals surface area contributed by atoms with Crippen molar-refractivity contribution in [1.82, 2.24) is 0 Å². The van der Waals surface area contributed by atoms with Crippen molar-refractivity contribution >= 4 is 6.29 Å². The first-order valence-corrected chi connectivity index (χ1v) is 5.04. The molecular weight excluding hydrogens is 192 g/mol. The first-order valence-electron chi connectivity index (χ1n) is 5.04. The van der Waals surface area contributed by atoms with Crippen LogP contribution in [0, 0.1) is 6.92 Å². The lowest BCUT2D eigenvalue weighted by atomic mass is 10.1. The Bertz CT molecular complexity index is 321. The van der Waals surface area contributed by atoms with E-state index in [0.717, 1.165) is 17.6 Å². The van der Waals surface area contributed by atoms with E-state index in [1.165, 1.54) is 0 Å².